The zero-order valence-electron chi connectivity index (χ0n) is 18.2. The molecule has 0 aromatic carbocycles. The van der Waals surface area contributed by atoms with E-state index < -0.39 is 10.0 Å². The maximum absolute atomic E-state index is 11.8. The molecule has 4 bridgehead atoms. The molecule has 0 amide bonds. The van der Waals surface area contributed by atoms with Crippen LogP contribution in [0.4, 0.5) is 0 Å². The molecule has 1 unspecified atom stereocenters. The molecule has 1 atom stereocenters. The van der Waals surface area contributed by atoms with Gasteiger partial charge in [-0.2, -0.15) is 0 Å². The van der Waals surface area contributed by atoms with Crippen molar-refractivity contribution in [1.82, 2.24) is 9.29 Å². The molecule has 1 aromatic rings. The van der Waals surface area contributed by atoms with Gasteiger partial charge in [0.25, 0.3) is 0 Å². The van der Waals surface area contributed by atoms with Crippen LogP contribution in [0.3, 0.4) is 0 Å². The van der Waals surface area contributed by atoms with Crippen LogP contribution >= 0.6 is 0 Å². The van der Waals surface area contributed by atoms with Crippen LogP contribution in [0.2, 0.25) is 0 Å². The topological polar surface area (TPSA) is 50.3 Å². The quantitative estimate of drug-likeness (QED) is 0.542. The first-order chi connectivity index (χ1) is 13.8. The van der Waals surface area contributed by atoms with Gasteiger partial charge in [-0.1, -0.05) is 0 Å². The van der Waals surface area contributed by atoms with Crippen molar-refractivity contribution in [2.75, 3.05) is 19.8 Å². The first kappa shape index (κ1) is 21.3. The van der Waals surface area contributed by atoms with E-state index in [2.05, 4.69) is 17.1 Å². The second-order valence-corrected chi connectivity index (χ2v) is 12.7. The van der Waals surface area contributed by atoms with Crippen LogP contribution in [0.1, 0.15) is 69.8 Å². The Morgan fingerprint density at radius 1 is 1.03 bits per heavy atom. The van der Waals surface area contributed by atoms with Crippen molar-refractivity contribution < 1.29 is 8.42 Å². The molecule has 5 heteroatoms. The second kappa shape index (κ2) is 8.66. The number of rotatable bonds is 10. The summed E-state index contributed by atoms with van der Waals surface area (Å²) in [7, 11) is -1.38. The lowest BCUT2D eigenvalue weighted by Gasteiger charge is -2.57. The molecule has 4 aliphatic rings. The highest BCUT2D eigenvalue weighted by Crippen LogP contribution is 2.61. The number of aromatic nitrogens is 1. The van der Waals surface area contributed by atoms with Crippen molar-refractivity contribution in [3.8, 4) is 0 Å². The summed E-state index contributed by atoms with van der Waals surface area (Å²) >= 11 is 0. The number of sulfonamides is 1. The van der Waals surface area contributed by atoms with Crippen LogP contribution in [-0.2, 0) is 16.4 Å². The van der Waals surface area contributed by atoms with E-state index in [1.54, 1.807) is 7.05 Å². The maximum atomic E-state index is 11.8. The fourth-order valence-electron chi connectivity index (χ4n) is 6.99. The van der Waals surface area contributed by atoms with Gasteiger partial charge >= 0.3 is 0 Å². The Balaban J connectivity index is 1.36. The molecule has 1 aromatic heterocycles. The molecule has 4 fully saturated rings. The van der Waals surface area contributed by atoms with Gasteiger partial charge < -0.3 is 0 Å². The van der Waals surface area contributed by atoms with Gasteiger partial charge in [-0.25, -0.2) is 12.7 Å². The third-order valence-electron chi connectivity index (χ3n) is 8.26. The Bertz CT molecular complexity index is 742. The largest absolute Gasteiger partial charge is 0.265 e. The zero-order chi connectivity index (χ0) is 20.5. The van der Waals surface area contributed by atoms with Crippen LogP contribution < -0.4 is 0 Å². The number of hydrogen-bond acceptors (Lipinski definition) is 3. The fraction of sp³-hybridized carbons (Fsp3) is 0.792. The Labute approximate surface area is 177 Å². The maximum Gasteiger partial charge on any atom is 0.210 e. The molecule has 0 N–H and O–H groups in total. The Morgan fingerprint density at radius 3 is 2.17 bits per heavy atom. The smallest absolute Gasteiger partial charge is 0.210 e. The summed E-state index contributed by atoms with van der Waals surface area (Å²) in [4.78, 5) is 4.13. The molecule has 0 aliphatic heterocycles. The molecule has 162 valence electrons. The number of hydrogen-bond donors (Lipinski definition) is 0. The van der Waals surface area contributed by atoms with Gasteiger partial charge in [0, 0.05) is 26.0 Å². The highest BCUT2D eigenvalue weighted by Gasteiger charge is 2.50. The minimum Gasteiger partial charge on any atom is -0.265 e. The van der Waals surface area contributed by atoms with Crippen molar-refractivity contribution in [1.29, 1.82) is 0 Å². The van der Waals surface area contributed by atoms with Gasteiger partial charge in [0.05, 0.1) is 6.26 Å². The van der Waals surface area contributed by atoms with Crippen molar-refractivity contribution in [3.05, 3.63) is 30.1 Å². The molecule has 0 spiro atoms. The summed E-state index contributed by atoms with van der Waals surface area (Å²) in [6.45, 7) is 0.640. The Morgan fingerprint density at radius 2 is 1.62 bits per heavy atom. The van der Waals surface area contributed by atoms with Crippen LogP contribution in [0.15, 0.2) is 24.5 Å². The lowest BCUT2D eigenvalue weighted by Crippen LogP contribution is -2.46. The Hall–Kier alpha value is -0.940. The molecular formula is C24H38N2O2S. The average molecular weight is 419 g/mol. The first-order valence-electron chi connectivity index (χ1n) is 11.6. The molecule has 4 nitrogen and oxygen atoms in total. The molecule has 0 radical (unpaired) electrons. The fourth-order valence-corrected chi connectivity index (χ4v) is 7.43. The highest BCUT2D eigenvalue weighted by atomic mass is 32.2. The van der Waals surface area contributed by atoms with Crippen LogP contribution in [-0.4, -0.2) is 37.6 Å². The lowest BCUT2D eigenvalue weighted by molar-refractivity contribution is -0.0603. The summed E-state index contributed by atoms with van der Waals surface area (Å²) in [5.74, 6) is 3.62. The third kappa shape index (κ3) is 5.41. The minimum atomic E-state index is -3.09. The van der Waals surface area contributed by atoms with Gasteiger partial charge in [-0.15, -0.1) is 0 Å². The van der Waals surface area contributed by atoms with Gasteiger partial charge in [0.1, 0.15) is 0 Å². The van der Waals surface area contributed by atoms with Gasteiger partial charge in [-0.05, 0) is 117 Å². The molecule has 0 saturated heterocycles. The Kier molecular flexibility index (Phi) is 6.36. The molecular weight excluding hydrogens is 380 g/mol. The molecule has 1 heterocycles. The van der Waals surface area contributed by atoms with E-state index in [1.165, 1.54) is 67.5 Å². The number of nitrogens with zero attached hydrogens (tertiary/aromatic N) is 2. The van der Waals surface area contributed by atoms with Gasteiger partial charge in [0.2, 0.25) is 10.0 Å². The van der Waals surface area contributed by atoms with E-state index in [0.717, 1.165) is 37.0 Å². The van der Waals surface area contributed by atoms with Crippen molar-refractivity contribution in [2.24, 2.45) is 29.1 Å². The highest BCUT2D eigenvalue weighted by molar-refractivity contribution is 7.88. The average Bonchev–Trinajstić information content (AvgIpc) is 2.66. The van der Waals surface area contributed by atoms with Gasteiger partial charge in [0.15, 0.2) is 0 Å². The monoisotopic (exact) mass is 418 g/mol. The molecule has 5 rings (SSSR count). The van der Waals surface area contributed by atoms with Crippen LogP contribution in [0, 0.1) is 29.1 Å². The minimum absolute atomic E-state index is 0.598. The molecule has 4 saturated carbocycles. The summed E-state index contributed by atoms with van der Waals surface area (Å²) in [6, 6.07) is 4.22. The van der Waals surface area contributed by atoms with Crippen LogP contribution in [0.5, 0.6) is 0 Å². The lowest BCUT2D eigenvalue weighted by atomic mass is 9.48. The standard InChI is InChI=1S/C24H38N2O2S/c1-26(29(2,27)28)12-8-19(3-4-20-6-10-25-11-7-20)5-9-24-16-21-13-22(17-24)15-23(14-21)18-24/h6-7,10-11,19,21-23H,3-5,8-9,12-18H2,1-2H3. The summed E-state index contributed by atoms with van der Waals surface area (Å²) < 4.78 is 25.2. The third-order valence-corrected chi connectivity index (χ3v) is 9.57. The van der Waals surface area contributed by atoms with Gasteiger partial charge in [-0.3, -0.25) is 4.98 Å². The van der Waals surface area contributed by atoms with Crippen LogP contribution in [0.25, 0.3) is 0 Å². The summed E-state index contributed by atoms with van der Waals surface area (Å²) in [5, 5.41) is 0. The van der Waals surface area contributed by atoms with E-state index in [9.17, 15) is 8.42 Å². The van der Waals surface area contributed by atoms with Crippen molar-refractivity contribution in [3.63, 3.8) is 0 Å². The van der Waals surface area contributed by atoms with E-state index in [0.29, 0.717) is 17.9 Å². The van der Waals surface area contributed by atoms with E-state index in [-0.39, 0.29) is 0 Å². The first-order valence-corrected chi connectivity index (χ1v) is 13.5. The van der Waals surface area contributed by atoms with Crippen molar-refractivity contribution >= 4 is 10.0 Å². The van der Waals surface area contributed by atoms with E-state index in [4.69, 9.17) is 0 Å². The number of aryl methyl sites for hydroxylation is 1. The normalized spacial score (nSPS) is 32.0. The molecule has 4 aliphatic carbocycles. The second-order valence-electron chi connectivity index (χ2n) is 10.6. The predicted octanol–water partition coefficient (Wildman–Crippen LogP) is 4.91. The SMILES string of the molecule is CN(CCC(CCc1ccncc1)CCC12CC3CC(CC(C3)C1)C2)S(C)(=O)=O. The summed E-state index contributed by atoms with van der Waals surface area (Å²) in [5.41, 5.74) is 1.96. The summed E-state index contributed by atoms with van der Waals surface area (Å²) in [6.07, 6.45) is 19.8. The molecule has 29 heavy (non-hydrogen) atoms. The predicted molar refractivity (Wildman–Crippen MR) is 118 cm³/mol. The van der Waals surface area contributed by atoms with E-state index >= 15 is 0 Å². The number of pyridine rings is 1. The zero-order valence-corrected chi connectivity index (χ0v) is 19.0. The van der Waals surface area contributed by atoms with E-state index in [1.807, 2.05) is 12.4 Å². The van der Waals surface area contributed by atoms with Crippen molar-refractivity contribution in [2.45, 2.75) is 70.6 Å².